The van der Waals surface area contributed by atoms with E-state index in [-0.39, 0.29) is 5.91 Å². The first-order valence-electron chi connectivity index (χ1n) is 6.99. The number of amides is 1. The number of hydrogen-bond acceptors (Lipinski definition) is 2. The highest BCUT2D eigenvalue weighted by Gasteiger charge is 2.38. The number of nitrogens with one attached hydrogen (secondary N) is 1. The summed E-state index contributed by atoms with van der Waals surface area (Å²) in [5.41, 5.74) is 1.80. The first-order chi connectivity index (χ1) is 9.69. The molecular weight excluding hydrogens is 318 g/mol. The maximum Gasteiger partial charge on any atom is 0.253 e. The average Bonchev–Trinajstić information content (AvgIpc) is 3.10. The van der Waals surface area contributed by atoms with E-state index in [1.54, 1.807) is 0 Å². The third-order valence-electron chi connectivity index (χ3n) is 4.47. The Balaban J connectivity index is 1.54. The fourth-order valence-corrected chi connectivity index (χ4v) is 3.86. The van der Waals surface area contributed by atoms with Crippen molar-refractivity contribution in [1.82, 2.24) is 14.6 Å². The SMILES string of the molecule is O=C(NC1CN2CCC1C2)c1ccc2cc(Br)cn2c1. The summed E-state index contributed by atoms with van der Waals surface area (Å²) in [6, 6.07) is 6.22. The molecule has 4 nitrogen and oxygen atoms in total. The van der Waals surface area contributed by atoms with E-state index in [0.29, 0.717) is 12.0 Å². The number of fused-ring (bicyclic) bond motifs is 3. The molecule has 0 aromatic carbocycles. The van der Waals surface area contributed by atoms with Crippen LogP contribution < -0.4 is 5.32 Å². The zero-order valence-electron chi connectivity index (χ0n) is 11.1. The van der Waals surface area contributed by atoms with Crippen LogP contribution in [0.1, 0.15) is 16.8 Å². The van der Waals surface area contributed by atoms with Gasteiger partial charge in [0.1, 0.15) is 0 Å². The van der Waals surface area contributed by atoms with E-state index in [1.165, 1.54) is 13.0 Å². The Labute approximate surface area is 125 Å². The Bertz CT molecular complexity index is 681. The molecule has 2 saturated heterocycles. The van der Waals surface area contributed by atoms with Gasteiger partial charge in [-0.15, -0.1) is 0 Å². The van der Waals surface area contributed by atoms with Gasteiger partial charge < -0.3 is 14.6 Å². The summed E-state index contributed by atoms with van der Waals surface area (Å²) < 4.78 is 3.00. The summed E-state index contributed by atoms with van der Waals surface area (Å²) in [6.45, 7) is 3.35. The molecule has 1 N–H and O–H groups in total. The van der Waals surface area contributed by atoms with Gasteiger partial charge in [-0.25, -0.2) is 0 Å². The van der Waals surface area contributed by atoms with Crippen LogP contribution in [-0.4, -0.2) is 40.9 Å². The van der Waals surface area contributed by atoms with Gasteiger partial charge >= 0.3 is 0 Å². The quantitative estimate of drug-likeness (QED) is 0.914. The fraction of sp³-hybridized carbons (Fsp3) is 0.400. The van der Waals surface area contributed by atoms with Gasteiger partial charge in [0, 0.05) is 41.5 Å². The lowest BCUT2D eigenvalue weighted by atomic mass is 10.00. The molecule has 0 radical (unpaired) electrons. The van der Waals surface area contributed by atoms with E-state index in [0.717, 1.165) is 28.6 Å². The van der Waals surface area contributed by atoms with E-state index in [4.69, 9.17) is 0 Å². The predicted molar refractivity (Wildman–Crippen MR) is 80.9 cm³/mol. The number of aromatic nitrogens is 1. The van der Waals surface area contributed by atoms with Crippen LogP contribution in [0.15, 0.2) is 35.1 Å². The number of pyridine rings is 1. The molecule has 20 heavy (non-hydrogen) atoms. The van der Waals surface area contributed by atoms with Crippen LogP contribution >= 0.6 is 15.9 Å². The smallest absolute Gasteiger partial charge is 0.253 e. The second-order valence-electron chi connectivity index (χ2n) is 5.80. The Morgan fingerprint density at radius 3 is 2.95 bits per heavy atom. The molecule has 0 spiro atoms. The van der Waals surface area contributed by atoms with Crippen molar-refractivity contribution in [2.24, 2.45) is 5.92 Å². The van der Waals surface area contributed by atoms with Crippen LogP contribution in [0.25, 0.3) is 5.52 Å². The zero-order valence-corrected chi connectivity index (χ0v) is 12.6. The molecule has 4 rings (SSSR count). The van der Waals surface area contributed by atoms with Crippen LogP contribution in [0.4, 0.5) is 0 Å². The van der Waals surface area contributed by atoms with Crippen molar-refractivity contribution in [2.75, 3.05) is 19.6 Å². The van der Waals surface area contributed by atoms with Crippen molar-refractivity contribution >= 4 is 27.4 Å². The van der Waals surface area contributed by atoms with Gasteiger partial charge in [-0.05, 0) is 53.0 Å². The topological polar surface area (TPSA) is 36.8 Å². The van der Waals surface area contributed by atoms with Gasteiger partial charge in [0.2, 0.25) is 0 Å². The molecular formula is C15H16BrN3O. The van der Waals surface area contributed by atoms with Gasteiger partial charge in [-0.3, -0.25) is 4.79 Å². The van der Waals surface area contributed by atoms with Gasteiger partial charge in [0.05, 0.1) is 5.56 Å². The molecule has 3 unspecified atom stereocenters. The highest BCUT2D eigenvalue weighted by Crippen LogP contribution is 2.28. The first kappa shape index (κ1) is 12.4. The molecule has 2 aliphatic heterocycles. The van der Waals surface area contributed by atoms with Crippen LogP contribution in [0.3, 0.4) is 0 Å². The number of carbonyl (C=O) groups is 1. The first-order valence-corrected chi connectivity index (χ1v) is 7.79. The maximum atomic E-state index is 12.4. The number of hydrogen-bond donors (Lipinski definition) is 1. The van der Waals surface area contributed by atoms with Gasteiger partial charge in [0.15, 0.2) is 0 Å². The lowest BCUT2D eigenvalue weighted by Gasteiger charge is -2.23. The summed E-state index contributed by atoms with van der Waals surface area (Å²) in [5, 5.41) is 3.19. The molecule has 2 aliphatic rings. The number of piperidine rings is 1. The second-order valence-corrected chi connectivity index (χ2v) is 6.71. The van der Waals surface area contributed by atoms with Crippen LogP contribution in [0.5, 0.6) is 0 Å². The number of nitrogens with zero attached hydrogens (tertiary/aromatic N) is 2. The van der Waals surface area contributed by atoms with Crippen molar-refractivity contribution in [2.45, 2.75) is 12.5 Å². The molecule has 1 amide bonds. The molecule has 5 heteroatoms. The van der Waals surface area contributed by atoms with Crippen molar-refractivity contribution < 1.29 is 4.79 Å². The molecule has 2 bridgehead atoms. The molecule has 2 aromatic rings. The summed E-state index contributed by atoms with van der Waals surface area (Å²) in [4.78, 5) is 14.8. The van der Waals surface area contributed by atoms with Crippen molar-refractivity contribution in [3.8, 4) is 0 Å². The molecule has 2 fully saturated rings. The standard InChI is InChI=1S/C15H16BrN3O/c16-12-5-13-2-1-11(7-19(13)8-12)15(20)17-14-9-18-4-3-10(14)6-18/h1-2,5,7-8,10,14H,3-4,6,9H2,(H,17,20). The zero-order chi connectivity index (χ0) is 13.7. The molecule has 3 atom stereocenters. The molecule has 0 aliphatic carbocycles. The molecule has 0 saturated carbocycles. The lowest BCUT2D eigenvalue weighted by molar-refractivity contribution is 0.0924. The molecule has 4 heterocycles. The normalized spacial score (nSPS) is 28.1. The monoisotopic (exact) mass is 333 g/mol. The van der Waals surface area contributed by atoms with Crippen LogP contribution in [0, 0.1) is 5.92 Å². The van der Waals surface area contributed by atoms with Crippen molar-refractivity contribution in [3.63, 3.8) is 0 Å². The average molecular weight is 334 g/mol. The number of carbonyl (C=O) groups excluding carboxylic acids is 1. The maximum absolute atomic E-state index is 12.4. The summed E-state index contributed by atoms with van der Waals surface area (Å²) >= 11 is 3.45. The van der Waals surface area contributed by atoms with Crippen LogP contribution in [-0.2, 0) is 0 Å². The van der Waals surface area contributed by atoms with Crippen molar-refractivity contribution in [1.29, 1.82) is 0 Å². The number of halogens is 1. The summed E-state index contributed by atoms with van der Waals surface area (Å²) in [7, 11) is 0. The minimum Gasteiger partial charge on any atom is -0.348 e. The van der Waals surface area contributed by atoms with E-state index in [9.17, 15) is 4.79 Å². The van der Waals surface area contributed by atoms with E-state index >= 15 is 0 Å². The van der Waals surface area contributed by atoms with E-state index in [2.05, 4.69) is 26.1 Å². The largest absolute Gasteiger partial charge is 0.348 e. The van der Waals surface area contributed by atoms with E-state index < -0.39 is 0 Å². The fourth-order valence-electron chi connectivity index (χ4n) is 3.41. The number of rotatable bonds is 2. The van der Waals surface area contributed by atoms with Gasteiger partial charge in [0.25, 0.3) is 5.91 Å². The minimum atomic E-state index is 0.0375. The Morgan fingerprint density at radius 2 is 2.20 bits per heavy atom. The predicted octanol–water partition coefficient (Wildman–Crippen LogP) is 2.14. The van der Waals surface area contributed by atoms with E-state index in [1.807, 2.05) is 35.0 Å². The summed E-state index contributed by atoms with van der Waals surface area (Å²) in [5.74, 6) is 0.680. The third-order valence-corrected chi connectivity index (χ3v) is 4.90. The molecule has 104 valence electrons. The third kappa shape index (κ3) is 2.05. The Hall–Kier alpha value is -1.33. The lowest BCUT2D eigenvalue weighted by Crippen LogP contribution is -2.43. The summed E-state index contributed by atoms with van der Waals surface area (Å²) in [6.07, 6.45) is 5.08. The molecule has 2 aromatic heterocycles. The van der Waals surface area contributed by atoms with Crippen LogP contribution in [0.2, 0.25) is 0 Å². The van der Waals surface area contributed by atoms with Crippen molar-refractivity contribution in [3.05, 3.63) is 40.6 Å². The highest BCUT2D eigenvalue weighted by molar-refractivity contribution is 9.10. The Kier molecular flexibility index (Phi) is 2.86. The second kappa shape index (κ2) is 4.60. The highest BCUT2D eigenvalue weighted by atomic mass is 79.9. The van der Waals surface area contributed by atoms with Gasteiger partial charge in [-0.1, -0.05) is 0 Å². The van der Waals surface area contributed by atoms with Gasteiger partial charge in [-0.2, -0.15) is 0 Å². The Morgan fingerprint density at radius 1 is 1.30 bits per heavy atom. The minimum absolute atomic E-state index is 0.0375.